The zero-order valence-corrected chi connectivity index (χ0v) is 13.2. The topological polar surface area (TPSA) is 114 Å². The fourth-order valence-corrected chi connectivity index (χ4v) is 4.03. The van der Waals surface area contributed by atoms with Gasteiger partial charge in [0.25, 0.3) is 0 Å². The minimum atomic E-state index is -3.74. The van der Waals surface area contributed by atoms with Crippen molar-refractivity contribution in [2.75, 3.05) is 0 Å². The summed E-state index contributed by atoms with van der Waals surface area (Å²) in [6.07, 6.45) is 2.62. The second kappa shape index (κ2) is 5.54. The molecule has 2 heterocycles. The van der Waals surface area contributed by atoms with Gasteiger partial charge in [-0.15, -0.1) is 11.3 Å². The standard InChI is InChI=1S/C11H14N4O4S2/c1-6-9(5-15(3)13-6)21(18,19)14-7(2)10-12-4-8(20-10)11(16)17/h4-5,7,14H,1-3H3,(H,16,17). The highest BCUT2D eigenvalue weighted by atomic mass is 32.2. The van der Waals surface area contributed by atoms with E-state index in [1.54, 1.807) is 20.9 Å². The Labute approximate surface area is 125 Å². The van der Waals surface area contributed by atoms with E-state index in [9.17, 15) is 13.2 Å². The molecule has 1 unspecified atom stereocenters. The van der Waals surface area contributed by atoms with E-state index in [1.165, 1.54) is 17.1 Å². The van der Waals surface area contributed by atoms with Crippen LogP contribution in [-0.2, 0) is 17.1 Å². The maximum absolute atomic E-state index is 12.3. The van der Waals surface area contributed by atoms with Crippen molar-refractivity contribution in [1.82, 2.24) is 19.5 Å². The van der Waals surface area contributed by atoms with Gasteiger partial charge in [0.15, 0.2) is 0 Å². The van der Waals surface area contributed by atoms with Crippen molar-refractivity contribution in [1.29, 1.82) is 0 Å². The molecule has 2 N–H and O–H groups in total. The molecule has 0 aliphatic heterocycles. The number of nitrogens with one attached hydrogen (secondary N) is 1. The molecular weight excluding hydrogens is 316 g/mol. The smallest absolute Gasteiger partial charge is 0.347 e. The molecular formula is C11H14N4O4S2. The Balaban J connectivity index is 2.23. The average molecular weight is 330 g/mol. The van der Waals surface area contributed by atoms with E-state index >= 15 is 0 Å². The summed E-state index contributed by atoms with van der Waals surface area (Å²) in [4.78, 5) is 14.9. The Morgan fingerprint density at radius 1 is 1.52 bits per heavy atom. The summed E-state index contributed by atoms with van der Waals surface area (Å²) in [6.45, 7) is 3.21. The highest BCUT2D eigenvalue weighted by molar-refractivity contribution is 7.89. The number of carbonyl (C=O) groups is 1. The maximum Gasteiger partial charge on any atom is 0.347 e. The molecule has 1 atom stereocenters. The first-order chi connectivity index (χ1) is 9.70. The van der Waals surface area contributed by atoms with Crippen molar-refractivity contribution in [3.8, 4) is 0 Å². The highest BCUT2D eigenvalue weighted by Crippen LogP contribution is 2.22. The average Bonchev–Trinajstić information content (AvgIpc) is 2.95. The van der Waals surface area contributed by atoms with Gasteiger partial charge in [0, 0.05) is 13.2 Å². The summed E-state index contributed by atoms with van der Waals surface area (Å²) >= 11 is 0.936. The minimum Gasteiger partial charge on any atom is -0.477 e. The summed E-state index contributed by atoms with van der Waals surface area (Å²) in [7, 11) is -2.11. The third kappa shape index (κ3) is 3.28. The summed E-state index contributed by atoms with van der Waals surface area (Å²) < 4.78 is 28.5. The van der Waals surface area contributed by atoms with Crippen LogP contribution in [0.4, 0.5) is 0 Å². The number of aryl methyl sites for hydroxylation is 2. The van der Waals surface area contributed by atoms with E-state index in [0.717, 1.165) is 11.3 Å². The number of aromatic carboxylic acids is 1. The third-order valence-electron chi connectivity index (χ3n) is 2.69. The number of carboxylic acid groups (broad SMARTS) is 1. The zero-order valence-electron chi connectivity index (χ0n) is 11.6. The molecule has 0 amide bonds. The van der Waals surface area contributed by atoms with Crippen molar-refractivity contribution in [3.05, 3.63) is 28.0 Å². The first kappa shape index (κ1) is 15.6. The van der Waals surface area contributed by atoms with Gasteiger partial charge in [0.2, 0.25) is 10.0 Å². The number of hydrogen-bond donors (Lipinski definition) is 2. The summed E-state index contributed by atoms with van der Waals surface area (Å²) in [5.41, 5.74) is 0.391. The molecule has 21 heavy (non-hydrogen) atoms. The van der Waals surface area contributed by atoms with Crippen LogP contribution < -0.4 is 4.72 Å². The molecule has 0 aromatic carbocycles. The quantitative estimate of drug-likeness (QED) is 0.842. The Morgan fingerprint density at radius 2 is 2.19 bits per heavy atom. The van der Waals surface area contributed by atoms with Crippen LogP contribution in [0.5, 0.6) is 0 Å². The van der Waals surface area contributed by atoms with E-state index in [0.29, 0.717) is 10.7 Å². The second-order valence-corrected chi connectivity index (χ2v) is 7.21. The lowest BCUT2D eigenvalue weighted by molar-refractivity contribution is 0.0702. The van der Waals surface area contributed by atoms with E-state index < -0.39 is 22.0 Å². The van der Waals surface area contributed by atoms with E-state index in [4.69, 9.17) is 5.11 Å². The van der Waals surface area contributed by atoms with E-state index in [2.05, 4.69) is 14.8 Å². The number of rotatable bonds is 5. The van der Waals surface area contributed by atoms with Crippen molar-refractivity contribution in [2.24, 2.45) is 7.05 Å². The van der Waals surface area contributed by atoms with Gasteiger partial charge in [0.1, 0.15) is 14.8 Å². The lowest BCUT2D eigenvalue weighted by Crippen LogP contribution is -2.27. The second-order valence-electron chi connectivity index (χ2n) is 4.46. The Hall–Kier alpha value is -1.78. The normalized spacial score (nSPS) is 13.3. The predicted molar refractivity (Wildman–Crippen MR) is 75.8 cm³/mol. The van der Waals surface area contributed by atoms with E-state index in [-0.39, 0.29) is 9.77 Å². The molecule has 2 aromatic rings. The van der Waals surface area contributed by atoms with Crippen LogP contribution >= 0.6 is 11.3 Å². The minimum absolute atomic E-state index is 0.0635. The Morgan fingerprint density at radius 3 is 2.67 bits per heavy atom. The van der Waals surface area contributed by atoms with Crippen LogP contribution in [0.25, 0.3) is 0 Å². The molecule has 0 bridgehead atoms. The summed E-state index contributed by atoms with van der Waals surface area (Å²) in [5, 5.41) is 13.2. The van der Waals surface area contributed by atoms with Gasteiger partial charge in [0.05, 0.1) is 17.9 Å². The monoisotopic (exact) mass is 330 g/mol. The largest absolute Gasteiger partial charge is 0.477 e. The van der Waals surface area contributed by atoms with E-state index in [1.807, 2.05) is 0 Å². The van der Waals surface area contributed by atoms with Crippen LogP contribution in [0.3, 0.4) is 0 Å². The number of carboxylic acids is 1. The number of thiazole rings is 1. The van der Waals surface area contributed by atoms with Crippen molar-refractivity contribution in [3.63, 3.8) is 0 Å². The molecule has 8 nitrogen and oxygen atoms in total. The van der Waals surface area contributed by atoms with Crippen LogP contribution in [0.2, 0.25) is 0 Å². The first-order valence-electron chi connectivity index (χ1n) is 5.92. The van der Waals surface area contributed by atoms with Gasteiger partial charge in [-0.3, -0.25) is 4.68 Å². The number of aromatic nitrogens is 3. The number of hydrogen-bond acceptors (Lipinski definition) is 6. The van der Waals surface area contributed by atoms with Crippen LogP contribution in [0, 0.1) is 6.92 Å². The molecule has 0 fully saturated rings. The van der Waals surface area contributed by atoms with Gasteiger partial charge < -0.3 is 5.11 Å². The lowest BCUT2D eigenvalue weighted by Gasteiger charge is -2.11. The molecule has 0 radical (unpaired) electrons. The Kier molecular flexibility index (Phi) is 4.12. The lowest BCUT2D eigenvalue weighted by atomic mass is 10.4. The maximum atomic E-state index is 12.3. The van der Waals surface area contributed by atoms with Crippen molar-refractivity contribution in [2.45, 2.75) is 24.8 Å². The SMILES string of the molecule is Cc1nn(C)cc1S(=O)(=O)NC(C)c1ncc(C(=O)O)s1. The third-order valence-corrected chi connectivity index (χ3v) is 5.51. The molecule has 0 spiro atoms. The molecule has 114 valence electrons. The van der Waals surface area contributed by atoms with Crippen LogP contribution in [0.15, 0.2) is 17.3 Å². The number of sulfonamides is 1. The van der Waals surface area contributed by atoms with Gasteiger partial charge in [-0.2, -0.15) is 5.10 Å². The molecule has 0 aliphatic carbocycles. The predicted octanol–water partition coefficient (Wildman–Crippen LogP) is 0.923. The summed E-state index contributed by atoms with van der Waals surface area (Å²) in [6, 6.07) is -0.632. The van der Waals surface area contributed by atoms with Gasteiger partial charge >= 0.3 is 5.97 Å². The van der Waals surface area contributed by atoms with Gasteiger partial charge in [-0.1, -0.05) is 0 Å². The molecule has 10 heteroatoms. The molecule has 0 saturated heterocycles. The molecule has 2 rings (SSSR count). The summed E-state index contributed by atoms with van der Waals surface area (Å²) in [5.74, 6) is -1.09. The molecule has 2 aromatic heterocycles. The molecule has 0 aliphatic rings. The zero-order chi connectivity index (χ0) is 15.8. The number of nitrogens with zero attached hydrogens (tertiary/aromatic N) is 3. The van der Waals surface area contributed by atoms with Crippen LogP contribution in [-0.4, -0.2) is 34.3 Å². The fourth-order valence-electron chi connectivity index (χ4n) is 1.77. The fraction of sp³-hybridized carbons (Fsp3) is 0.364. The van der Waals surface area contributed by atoms with Crippen molar-refractivity contribution < 1.29 is 18.3 Å². The van der Waals surface area contributed by atoms with Crippen molar-refractivity contribution >= 4 is 27.3 Å². The molecule has 0 saturated carbocycles. The Bertz CT molecular complexity index is 778. The van der Waals surface area contributed by atoms with Gasteiger partial charge in [-0.25, -0.2) is 22.9 Å². The highest BCUT2D eigenvalue weighted by Gasteiger charge is 2.24. The van der Waals surface area contributed by atoms with Crippen LogP contribution in [0.1, 0.15) is 33.3 Å². The van der Waals surface area contributed by atoms with Gasteiger partial charge in [-0.05, 0) is 13.8 Å². The first-order valence-corrected chi connectivity index (χ1v) is 8.22.